The van der Waals surface area contributed by atoms with Crippen LogP contribution in [0.25, 0.3) is 0 Å². The van der Waals surface area contributed by atoms with Gasteiger partial charge in [0.1, 0.15) is 0 Å². The zero-order chi connectivity index (χ0) is 8.27. The van der Waals surface area contributed by atoms with Crippen molar-refractivity contribution in [3.63, 3.8) is 0 Å². The van der Waals surface area contributed by atoms with Crippen LogP contribution < -0.4 is 29.6 Å². The van der Waals surface area contributed by atoms with Gasteiger partial charge in [-0.05, 0) is 6.92 Å². The summed E-state index contributed by atoms with van der Waals surface area (Å²) in [4.78, 5) is 10.8. The first-order chi connectivity index (χ1) is 5.24. The molecule has 0 atom stereocenters. The fourth-order valence-electron chi connectivity index (χ4n) is 0.836. The van der Waals surface area contributed by atoms with Crippen molar-refractivity contribution in [2.24, 2.45) is 0 Å². The average molecular weight is 188 g/mol. The number of carbonyl (C=O) groups is 1. The minimum absolute atomic E-state index is 0. The van der Waals surface area contributed by atoms with E-state index in [4.69, 9.17) is 12.6 Å². The molecule has 0 unspecified atom stereocenters. The van der Waals surface area contributed by atoms with Crippen LogP contribution in [-0.2, 0) is 18.4 Å². The molecule has 1 aromatic carbocycles. The SMILES string of the molecule is CC(=O)c1ccc(C[S-])cc1.[Na+]. The molecule has 3 heteroatoms. The molecular weight excluding hydrogens is 179 g/mol. The smallest absolute Gasteiger partial charge is 0.788 e. The number of benzene rings is 1. The van der Waals surface area contributed by atoms with E-state index in [9.17, 15) is 4.79 Å². The number of carbonyl (C=O) groups excluding carboxylic acids is 1. The molecule has 1 rings (SSSR count). The van der Waals surface area contributed by atoms with E-state index in [0.29, 0.717) is 5.75 Å². The molecule has 58 valence electrons. The van der Waals surface area contributed by atoms with Crippen LogP contribution in [0.15, 0.2) is 24.3 Å². The van der Waals surface area contributed by atoms with Crippen LogP contribution in [0.2, 0.25) is 0 Å². The van der Waals surface area contributed by atoms with Gasteiger partial charge in [0.15, 0.2) is 5.78 Å². The zero-order valence-electron chi connectivity index (χ0n) is 7.33. The predicted octanol–water partition coefficient (Wildman–Crippen LogP) is -1.06. The molecule has 0 saturated heterocycles. The summed E-state index contributed by atoms with van der Waals surface area (Å²) >= 11 is 4.84. The second kappa shape index (κ2) is 5.81. The third-order valence-electron chi connectivity index (χ3n) is 1.53. The first-order valence-electron chi connectivity index (χ1n) is 3.42. The minimum Gasteiger partial charge on any atom is -0.788 e. The standard InChI is InChI=1S/C9H10OS.Na/c1-7(10)9-4-2-8(6-11)3-5-9;/h2-5,11H,6H2,1H3;/q;+1/p-1. The Labute approximate surface area is 100 Å². The predicted molar refractivity (Wildman–Crippen MR) is 47.5 cm³/mol. The third kappa shape index (κ3) is 3.31. The van der Waals surface area contributed by atoms with Crippen molar-refractivity contribution in [2.75, 3.05) is 0 Å². The molecule has 0 heterocycles. The Morgan fingerprint density at radius 1 is 1.33 bits per heavy atom. The van der Waals surface area contributed by atoms with Crippen molar-refractivity contribution in [2.45, 2.75) is 12.7 Å². The molecule has 0 aliphatic rings. The van der Waals surface area contributed by atoms with Crippen LogP contribution in [0.4, 0.5) is 0 Å². The molecule has 0 radical (unpaired) electrons. The average Bonchev–Trinajstić information content (AvgIpc) is 2.05. The summed E-state index contributed by atoms with van der Waals surface area (Å²) in [5.41, 5.74) is 1.84. The van der Waals surface area contributed by atoms with Gasteiger partial charge in [-0.15, -0.1) is 0 Å². The maximum absolute atomic E-state index is 10.8. The van der Waals surface area contributed by atoms with Crippen molar-refractivity contribution in [3.05, 3.63) is 35.4 Å². The zero-order valence-corrected chi connectivity index (χ0v) is 10.1. The molecule has 0 amide bonds. The summed E-state index contributed by atoms with van der Waals surface area (Å²) in [6, 6.07) is 7.40. The maximum Gasteiger partial charge on any atom is 1.00 e. The molecular formula is C9H9NaOS. The van der Waals surface area contributed by atoms with E-state index < -0.39 is 0 Å². The van der Waals surface area contributed by atoms with Crippen molar-refractivity contribution in [1.82, 2.24) is 0 Å². The topological polar surface area (TPSA) is 17.1 Å². The number of Topliss-reactive ketones (excluding diaryl/α,β-unsaturated/α-hetero) is 1. The largest absolute Gasteiger partial charge is 1.00 e. The van der Waals surface area contributed by atoms with Gasteiger partial charge in [0, 0.05) is 5.56 Å². The Morgan fingerprint density at radius 3 is 2.17 bits per heavy atom. The molecule has 0 saturated carbocycles. The molecule has 1 nitrogen and oxygen atoms in total. The summed E-state index contributed by atoms with van der Waals surface area (Å²) in [7, 11) is 0. The molecule has 0 spiro atoms. The summed E-state index contributed by atoms with van der Waals surface area (Å²) in [6.45, 7) is 1.56. The molecule has 0 aliphatic carbocycles. The summed E-state index contributed by atoms with van der Waals surface area (Å²) < 4.78 is 0. The van der Waals surface area contributed by atoms with Crippen LogP contribution >= 0.6 is 0 Å². The van der Waals surface area contributed by atoms with Crippen molar-refractivity contribution >= 4 is 18.4 Å². The Morgan fingerprint density at radius 2 is 1.83 bits per heavy atom. The van der Waals surface area contributed by atoms with Gasteiger partial charge in [-0.25, -0.2) is 0 Å². The van der Waals surface area contributed by atoms with E-state index in [-0.39, 0.29) is 35.3 Å². The number of ketones is 1. The van der Waals surface area contributed by atoms with E-state index in [1.54, 1.807) is 6.92 Å². The fraction of sp³-hybridized carbons (Fsp3) is 0.222. The Bertz CT molecular complexity index is 256. The molecule has 1 aromatic rings. The molecule has 0 aromatic heterocycles. The van der Waals surface area contributed by atoms with Gasteiger partial charge in [0.25, 0.3) is 0 Å². The molecule has 0 bridgehead atoms. The molecule has 12 heavy (non-hydrogen) atoms. The molecule has 0 fully saturated rings. The van der Waals surface area contributed by atoms with Gasteiger partial charge in [-0.3, -0.25) is 4.79 Å². The van der Waals surface area contributed by atoms with Gasteiger partial charge >= 0.3 is 29.6 Å². The Kier molecular flexibility index (Phi) is 5.93. The van der Waals surface area contributed by atoms with Crippen LogP contribution in [0.5, 0.6) is 0 Å². The van der Waals surface area contributed by atoms with Gasteiger partial charge in [-0.2, -0.15) is 5.75 Å². The second-order valence-corrected chi connectivity index (χ2v) is 2.69. The first-order valence-corrected chi connectivity index (χ1v) is 4.00. The Balaban J connectivity index is 0.00000121. The van der Waals surface area contributed by atoms with Crippen LogP contribution in [-0.4, -0.2) is 5.78 Å². The van der Waals surface area contributed by atoms with Crippen molar-refractivity contribution < 1.29 is 34.4 Å². The van der Waals surface area contributed by atoms with E-state index in [2.05, 4.69) is 0 Å². The fourth-order valence-corrected chi connectivity index (χ4v) is 1.03. The van der Waals surface area contributed by atoms with Crippen molar-refractivity contribution in [1.29, 1.82) is 0 Å². The number of hydrogen-bond acceptors (Lipinski definition) is 2. The van der Waals surface area contributed by atoms with E-state index in [1.807, 2.05) is 24.3 Å². The molecule has 0 aliphatic heterocycles. The Hall–Kier alpha value is 0.240. The third-order valence-corrected chi connectivity index (χ3v) is 1.86. The van der Waals surface area contributed by atoms with Gasteiger partial charge in [-0.1, -0.05) is 29.8 Å². The van der Waals surface area contributed by atoms with Gasteiger partial charge in [0.05, 0.1) is 0 Å². The van der Waals surface area contributed by atoms with Crippen LogP contribution in [0.3, 0.4) is 0 Å². The minimum atomic E-state index is 0. The summed E-state index contributed by atoms with van der Waals surface area (Å²) in [5, 5.41) is 0. The van der Waals surface area contributed by atoms with Gasteiger partial charge in [0.2, 0.25) is 0 Å². The summed E-state index contributed by atoms with van der Waals surface area (Å²) in [5.74, 6) is 0.707. The van der Waals surface area contributed by atoms with E-state index >= 15 is 0 Å². The van der Waals surface area contributed by atoms with Crippen molar-refractivity contribution in [3.8, 4) is 0 Å². The maximum atomic E-state index is 10.8. The molecule has 0 N–H and O–H groups in total. The monoisotopic (exact) mass is 188 g/mol. The van der Waals surface area contributed by atoms with Gasteiger partial charge < -0.3 is 12.6 Å². The second-order valence-electron chi connectivity index (χ2n) is 2.40. The normalized spacial score (nSPS) is 8.83. The quantitative estimate of drug-likeness (QED) is 0.334. The van der Waals surface area contributed by atoms with E-state index in [1.165, 1.54) is 0 Å². The summed E-state index contributed by atoms with van der Waals surface area (Å²) in [6.07, 6.45) is 0. The van der Waals surface area contributed by atoms with Crippen LogP contribution in [0.1, 0.15) is 22.8 Å². The number of rotatable bonds is 2. The number of hydrogen-bond donors (Lipinski definition) is 0. The van der Waals surface area contributed by atoms with Crippen LogP contribution in [0, 0.1) is 0 Å². The van der Waals surface area contributed by atoms with E-state index in [0.717, 1.165) is 11.1 Å². The first kappa shape index (κ1) is 12.2.